The second-order valence-electron chi connectivity index (χ2n) is 3.53. The summed E-state index contributed by atoms with van der Waals surface area (Å²) in [6.07, 6.45) is 0.927. The first-order valence-electron chi connectivity index (χ1n) is 4.81. The third-order valence-corrected chi connectivity index (χ3v) is 2.49. The Hall–Kier alpha value is -1.06. The molecule has 1 aliphatic heterocycles. The molecule has 1 atom stereocenters. The molecule has 0 saturated heterocycles. The third-order valence-electron chi connectivity index (χ3n) is 2.49. The summed E-state index contributed by atoms with van der Waals surface area (Å²) in [5, 5.41) is 0. The number of benzene rings is 1. The van der Waals surface area contributed by atoms with Crippen LogP contribution in [0.3, 0.4) is 0 Å². The summed E-state index contributed by atoms with van der Waals surface area (Å²) in [6.45, 7) is 1.35. The summed E-state index contributed by atoms with van der Waals surface area (Å²) in [4.78, 5) is 0. The molecule has 0 saturated carbocycles. The summed E-state index contributed by atoms with van der Waals surface area (Å²) in [5.41, 5.74) is 8.27. The van der Waals surface area contributed by atoms with E-state index in [1.54, 1.807) is 7.11 Å². The number of rotatable bonds is 3. The fraction of sp³-hybridized carbons (Fsp3) is 0.455. The topological polar surface area (TPSA) is 44.5 Å². The van der Waals surface area contributed by atoms with Gasteiger partial charge in [0.25, 0.3) is 0 Å². The number of hydrogen-bond donors (Lipinski definition) is 1. The fourth-order valence-corrected chi connectivity index (χ4v) is 1.66. The number of hydrogen-bond acceptors (Lipinski definition) is 3. The van der Waals surface area contributed by atoms with Crippen LogP contribution in [0.2, 0.25) is 0 Å². The van der Waals surface area contributed by atoms with Crippen molar-refractivity contribution in [3.63, 3.8) is 0 Å². The average molecular weight is 193 g/mol. The van der Waals surface area contributed by atoms with Gasteiger partial charge in [0.2, 0.25) is 0 Å². The first-order valence-corrected chi connectivity index (χ1v) is 4.81. The standard InChI is InChI=1S/C11H15NO2/c1-13-5-4-8-2-3-11-9(6-8)10(12)7-14-11/h2-3,6,10H,4-5,7,12H2,1H3. The van der Waals surface area contributed by atoms with E-state index in [1.807, 2.05) is 6.07 Å². The van der Waals surface area contributed by atoms with Crippen molar-refractivity contribution in [3.8, 4) is 5.75 Å². The van der Waals surface area contributed by atoms with Crippen LogP contribution in [0.15, 0.2) is 18.2 Å². The molecule has 3 heteroatoms. The Morgan fingerprint density at radius 1 is 1.57 bits per heavy atom. The zero-order chi connectivity index (χ0) is 9.97. The van der Waals surface area contributed by atoms with E-state index in [2.05, 4.69) is 12.1 Å². The van der Waals surface area contributed by atoms with Gasteiger partial charge < -0.3 is 15.2 Å². The van der Waals surface area contributed by atoms with Gasteiger partial charge in [0.1, 0.15) is 12.4 Å². The van der Waals surface area contributed by atoms with Gasteiger partial charge in [-0.05, 0) is 18.1 Å². The molecule has 1 aromatic carbocycles. The molecule has 3 nitrogen and oxygen atoms in total. The van der Waals surface area contributed by atoms with Crippen LogP contribution in [0.25, 0.3) is 0 Å². The summed E-state index contributed by atoms with van der Waals surface area (Å²) >= 11 is 0. The minimum atomic E-state index is 0.0347. The second kappa shape index (κ2) is 3.98. The van der Waals surface area contributed by atoms with Crippen molar-refractivity contribution >= 4 is 0 Å². The Morgan fingerprint density at radius 2 is 2.43 bits per heavy atom. The molecule has 0 amide bonds. The van der Waals surface area contributed by atoms with E-state index < -0.39 is 0 Å². The summed E-state index contributed by atoms with van der Waals surface area (Å²) in [5.74, 6) is 0.929. The predicted octanol–water partition coefficient (Wildman–Crippen LogP) is 1.27. The molecule has 2 rings (SSSR count). The Labute approximate surface area is 83.8 Å². The molecule has 0 aliphatic carbocycles. The van der Waals surface area contributed by atoms with Crippen LogP contribution >= 0.6 is 0 Å². The number of nitrogens with two attached hydrogens (primary N) is 1. The van der Waals surface area contributed by atoms with Crippen molar-refractivity contribution in [1.82, 2.24) is 0 Å². The van der Waals surface area contributed by atoms with E-state index in [1.165, 1.54) is 5.56 Å². The number of ether oxygens (including phenoxy) is 2. The minimum absolute atomic E-state index is 0.0347. The molecule has 2 N–H and O–H groups in total. The minimum Gasteiger partial charge on any atom is -0.491 e. The molecule has 0 fully saturated rings. The lowest BCUT2D eigenvalue weighted by atomic mass is 10.0. The molecule has 0 aromatic heterocycles. The van der Waals surface area contributed by atoms with Gasteiger partial charge in [-0.1, -0.05) is 12.1 Å². The average Bonchev–Trinajstić information content (AvgIpc) is 2.57. The molecule has 0 spiro atoms. The highest BCUT2D eigenvalue weighted by Gasteiger charge is 2.20. The van der Waals surface area contributed by atoms with E-state index in [4.69, 9.17) is 15.2 Å². The van der Waals surface area contributed by atoms with Gasteiger partial charge in [-0.2, -0.15) is 0 Å². The van der Waals surface area contributed by atoms with Crippen molar-refractivity contribution in [3.05, 3.63) is 29.3 Å². The molecule has 0 bridgehead atoms. The lowest BCUT2D eigenvalue weighted by Gasteiger charge is -2.04. The monoisotopic (exact) mass is 193 g/mol. The first kappa shape index (κ1) is 9.49. The Balaban J connectivity index is 2.17. The van der Waals surface area contributed by atoms with Gasteiger partial charge in [0.05, 0.1) is 12.6 Å². The van der Waals surface area contributed by atoms with Crippen LogP contribution in [0.4, 0.5) is 0 Å². The van der Waals surface area contributed by atoms with E-state index in [9.17, 15) is 0 Å². The van der Waals surface area contributed by atoms with Crippen molar-refractivity contribution in [1.29, 1.82) is 0 Å². The van der Waals surface area contributed by atoms with Crippen molar-refractivity contribution in [2.75, 3.05) is 20.3 Å². The largest absolute Gasteiger partial charge is 0.491 e. The lowest BCUT2D eigenvalue weighted by Crippen LogP contribution is -2.11. The van der Waals surface area contributed by atoms with Crippen molar-refractivity contribution in [2.45, 2.75) is 12.5 Å². The van der Waals surface area contributed by atoms with E-state index in [0.29, 0.717) is 6.61 Å². The molecule has 1 unspecified atom stereocenters. The van der Waals surface area contributed by atoms with Crippen LogP contribution in [-0.4, -0.2) is 20.3 Å². The smallest absolute Gasteiger partial charge is 0.124 e. The van der Waals surface area contributed by atoms with Gasteiger partial charge in [0.15, 0.2) is 0 Å². The fourth-order valence-electron chi connectivity index (χ4n) is 1.66. The maximum Gasteiger partial charge on any atom is 0.124 e. The Bertz CT molecular complexity index is 325. The van der Waals surface area contributed by atoms with Gasteiger partial charge in [-0.15, -0.1) is 0 Å². The zero-order valence-corrected chi connectivity index (χ0v) is 8.32. The van der Waals surface area contributed by atoms with Crippen LogP contribution in [0, 0.1) is 0 Å². The zero-order valence-electron chi connectivity index (χ0n) is 8.32. The normalized spacial score (nSPS) is 19.1. The Morgan fingerprint density at radius 3 is 3.21 bits per heavy atom. The van der Waals surface area contributed by atoms with Crippen LogP contribution in [0.5, 0.6) is 5.75 Å². The number of methoxy groups -OCH3 is 1. The molecular weight excluding hydrogens is 178 g/mol. The molecule has 1 heterocycles. The maximum atomic E-state index is 5.89. The highest BCUT2D eigenvalue weighted by Crippen LogP contribution is 2.31. The highest BCUT2D eigenvalue weighted by molar-refractivity contribution is 5.42. The SMILES string of the molecule is COCCc1ccc2c(c1)C(N)CO2. The summed E-state index contributed by atoms with van der Waals surface area (Å²) < 4.78 is 10.4. The first-order chi connectivity index (χ1) is 6.81. The van der Waals surface area contributed by atoms with Gasteiger partial charge in [0, 0.05) is 12.7 Å². The molecule has 0 radical (unpaired) electrons. The molecule has 14 heavy (non-hydrogen) atoms. The highest BCUT2D eigenvalue weighted by atomic mass is 16.5. The van der Waals surface area contributed by atoms with Gasteiger partial charge in [-0.25, -0.2) is 0 Å². The Kier molecular flexibility index (Phi) is 2.70. The van der Waals surface area contributed by atoms with Crippen LogP contribution in [-0.2, 0) is 11.2 Å². The van der Waals surface area contributed by atoms with Gasteiger partial charge in [-0.3, -0.25) is 0 Å². The maximum absolute atomic E-state index is 5.89. The van der Waals surface area contributed by atoms with E-state index >= 15 is 0 Å². The van der Waals surface area contributed by atoms with E-state index in [0.717, 1.165) is 24.3 Å². The van der Waals surface area contributed by atoms with Crippen LogP contribution < -0.4 is 10.5 Å². The van der Waals surface area contributed by atoms with Gasteiger partial charge >= 0.3 is 0 Å². The van der Waals surface area contributed by atoms with Crippen molar-refractivity contribution in [2.24, 2.45) is 5.73 Å². The lowest BCUT2D eigenvalue weighted by molar-refractivity contribution is 0.202. The summed E-state index contributed by atoms with van der Waals surface area (Å²) in [7, 11) is 1.71. The summed E-state index contributed by atoms with van der Waals surface area (Å²) in [6, 6.07) is 6.21. The molecule has 1 aliphatic rings. The van der Waals surface area contributed by atoms with E-state index in [-0.39, 0.29) is 6.04 Å². The van der Waals surface area contributed by atoms with Crippen LogP contribution in [0.1, 0.15) is 17.2 Å². The quantitative estimate of drug-likeness (QED) is 0.786. The molecular formula is C11H15NO2. The molecule has 1 aromatic rings. The van der Waals surface area contributed by atoms with Crippen molar-refractivity contribution < 1.29 is 9.47 Å². The number of fused-ring (bicyclic) bond motifs is 1. The third kappa shape index (κ3) is 1.74. The molecule has 76 valence electrons. The predicted molar refractivity (Wildman–Crippen MR) is 54.4 cm³/mol. The second-order valence-corrected chi connectivity index (χ2v) is 3.53.